The molecule has 0 spiro atoms. The van der Waals surface area contributed by atoms with E-state index in [4.69, 9.17) is 23.2 Å². The molecule has 21 heavy (non-hydrogen) atoms. The minimum Gasteiger partial charge on any atom is -0.373 e. The maximum absolute atomic E-state index is 6.20. The van der Waals surface area contributed by atoms with Gasteiger partial charge < -0.3 is 10.6 Å². The van der Waals surface area contributed by atoms with Crippen LogP contribution >= 0.6 is 23.2 Å². The van der Waals surface area contributed by atoms with Gasteiger partial charge in [-0.15, -0.1) is 0 Å². The van der Waals surface area contributed by atoms with Crippen molar-refractivity contribution in [3.05, 3.63) is 39.6 Å². The summed E-state index contributed by atoms with van der Waals surface area (Å²) in [7, 11) is 1.84. The Kier molecular flexibility index (Phi) is 4.91. The van der Waals surface area contributed by atoms with Gasteiger partial charge in [-0.2, -0.15) is 0 Å². The fourth-order valence-corrected chi connectivity index (χ4v) is 2.38. The summed E-state index contributed by atoms with van der Waals surface area (Å²) in [4.78, 5) is 9.09. The smallest absolute Gasteiger partial charge is 0.139 e. The average Bonchev–Trinajstić information content (AvgIpc) is 2.44. The molecule has 1 aromatic carbocycles. The van der Waals surface area contributed by atoms with Gasteiger partial charge in [0.1, 0.15) is 17.5 Å². The first-order chi connectivity index (χ1) is 9.93. The van der Waals surface area contributed by atoms with E-state index < -0.39 is 0 Å². The molecule has 4 nitrogen and oxygen atoms in total. The molecule has 0 unspecified atom stereocenters. The number of nitrogens with zero attached hydrogens (tertiary/aromatic N) is 2. The molecule has 0 fully saturated rings. The maximum atomic E-state index is 6.20. The molecule has 0 amide bonds. The van der Waals surface area contributed by atoms with Gasteiger partial charge in [0.25, 0.3) is 0 Å². The number of benzene rings is 1. The number of rotatable bonds is 4. The van der Waals surface area contributed by atoms with Gasteiger partial charge >= 0.3 is 0 Å². The lowest BCUT2D eigenvalue weighted by Crippen LogP contribution is -2.08. The van der Waals surface area contributed by atoms with Crippen molar-refractivity contribution < 1.29 is 0 Å². The average molecular weight is 325 g/mol. The van der Waals surface area contributed by atoms with Gasteiger partial charge in [0.15, 0.2) is 0 Å². The Bertz CT molecular complexity index is 636. The number of hydrogen-bond donors (Lipinski definition) is 2. The van der Waals surface area contributed by atoms with Crippen LogP contribution in [0.3, 0.4) is 0 Å². The first-order valence-electron chi connectivity index (χ1n) is 6.71. The van der Waals surface area contributed by atoms with Crippen molar-refractivity contribution in [2.24, 2.45) is 0 Å². The fraction of sp³-hybridized carbons (Fsp3) is 0.333. The Morgan fingerprint density at radius 2 is 1.62 bits per heavy atom. The van der Waals surface area contributed by atoms with Crippen molar-refractivity contribution in [1.82, 2.24) is 9.97 Å². The van der Waals surface area contributed by atoms with Crippen LogP contribution in [0, 0.1) is 6.92 Å². The summed E-state index contributed by atoms with van der Waals surface area (Å²) in [5.74, 6) is 2.48. The van der Waals surface area contributed by atoms with E-state index in [1.807, 2.05) is 14.0 Å². The van der Waals surface area contributed by atoms with Gasteiger partial charge in [0.2, 0.25) is 0 Å². The monoisotopic (exact) mass is 324 g/mol. The molecule has 2 rings (SSSR count). The zero-order chi connectivity index (χ0) is 15.6. The van der Waals surface area contributed by atoms with Crippen LogP contribution in [0.2, 0.25) is 10.0 Å². The second-order valence-corrected chi connectivity index (χ2v) is 5.84. The molecule has 0 aliphatic rings. The van der Waals surface area contributed by atoms with Crippen LogP contribution in [0.5, 0.6) is 0 Å². The van der Waals surface area contributed by atoms with Gasteiger partial charge in [-0.1, -0.05) is 43.1 Å². The summed E-state index contributed by atoms with van der Waals surface area (Å²) in [5.41, 5.74) is 1.57. The normalized spacial score (nSPS) is 10.8. The Labute approximate surface area is 134 Å². The minimum absolute atomic E-state index is 0.222. The number of anilines is 3. The number of nitrogens with one attached hydrogen (secondary N) is 2. The third-order valence-electron chi connectivity index (χ3n) is 3.12. The molecule has 0 aliphatic heterocycles. The van der Waals surface area contributed by atoms with Gasteiger partial charge in [-0.3, -0.25) is 0 Å². The summed E-state index contributed by atoms with van der Waals surface area (Å²) in [6.45, 7) is 6.05. The molecular formula is C15H18Cl2N4. The molecule has 2 aromatic rings. The van der Waals surface area contributed by atoms with Crippen LogP contribution in [0.1, 0.15) is 31.2 Å². The maximum Gasteiger partial charge on any atom is 0.139 e. The zero-order valence-electron chi connectivity index (χ0n) is 12.5. The first-order valence-corrected chi connectivity index (χ1v) is 7.47. The number of para-hydroxylation sites is 1. The van der Waals surface area contributed by atoms with Crippen molar-refractivity contribution in [3.8, 4) is 0 Å². The van der Waals surface area contributed by atoms with E-state index >= 15 is 0 Å². The molecule has 6 heteroatoms. The third kappa shape index (κ3) is 3.39. The van der Waals surface area contributed by atoms with Crippen molar-refractivity contribution in [2.75, 3.05) is 17.7 Å². The Balaban J connectivity index is 2.51. The quantitative estimate of drug-likeness (QED) is 0.830. The highest BCUT2D eigenvalue weighted by atomic mass is 35.5. The van der Waals surface area contributed by atoms with E-state index in [2.05, 4.69) is 34.4 Å². The highest BCUT2D eigenvalue weighted by Crippen LogP contribution is 2.34. The van der Waals surface area contributed by atoms with Crippen molar-refractivity contribution in [2.45, 2.75) is 26.7 Å². The molecule has 0 saturated heterocycles. The van der Waals surface area contributed by atoms with E-state index in [1.165, 1.54) is 0 Å². The predicted molar refractivity (Wildman–Crippen MR) is 90.1 cm³/mol. The Morgan fingerprint density at radius 3 is 2.14 bits per heavy atom. The highest BCUT2D eigenvalue weighted by molar-refractivity contribution is 6.39. The summed E-state index contributed by atoms with van der Waals surface area (Å²) in [6.07, 6.45) is 0. The summed E-state index contributed by atoms with van der Waals surface area (Å²) in [6, 6.07) is 5.38. The molecule has 0 atom stereocenters. The lowest BCUT2D eigenvalue weighted by Gasteiger charge is -2.16. The fourth-order valence-electron chi connectivity index (χ4n) is 1.89. The Hall–Kier alpha value is -1.52. The molecule has 0 radical (unpaired) electrons. The molecule has 1 heterocycles. The second-order valence-electron chi connectivity index (χ2n) is 5.03. The minimum atomic E-state index is 0.222. The van der Waals surface area contributed by atoms with Gasteiger partial charge in [0, 0.05) is 18.5 Å². The van der Waals surface area contributed by atoms with E-state index in [9.17, 15) is 0 Å². The van der Waals surface area contributed by atoms with Crippen molar-refractivity contribution >= 4 is 40.5 Å². The lowest BCUT2D eigenvalue weighted by molar-refractivity contribution is 0.775. The second kappa shape index (κ2) is 6.50. The van der Waals surface area contributed by atoms with Crippen LogP contribution in [0.4, 0.5) is 17.3 Å². The predicted octanol–water partition coefficient (Wildman–Crippen LogP) is 5.00. The summed E-state index contributed by atoms with van der Waals surface area (Å²) in [5, 5.41) is 7.42. The van der Waals surface area contributed by atoms with E-state index in [0.717, 1.165) is 17.2 Å². The van der Waals surface area contributed by atoms with E-state index in [1.54, 1.807) is 18.2 Å². The van der Waals surface area contributed by atoms with Gasteiger partial charge in [-0.05, 0) is 19.1 Å². The Morgan fingerprint density at radius 1 is 1.05 bits per heavy atom. The van der Waals surface area contributed by atoms with Gasteiger partial charge in [0.05, 0.1) is 15.7 Å². The molecule has 1 aromatic heterocycles. The first kappa shape index (κ1) is 15.9. The third-order valence-corrected chi connectivity index (χ3v) is 3.75. The number of aromatic nitrogens is 2. The standard InChI is InChI=1S/C15H18Cl2N4/c1-8(2)13-20-14(18-4)9(3)15(21-13)19-12-10(16)6-5-7-11(12)17/h5-8H,1-4H3,(H2,18,19,20,21). The molecular weight excluding hydrogens is 307 g/mol. The van der Waals surface area contributed by atoms with Crippen LogP contribution < -0.4 is 10.6 Å². The topological polar surface area (TPSA) is 49.8 Å². The SMILES string of the molecule is CNc1nc(C(C)C)nc(Nc2c(Cl)cccc2Cl)c1C. The zero-order valence-corrected chi connectivity index (χ0v) is 14.0. The molecule has 0 bridgehead atoms. The van der Waals surface area contributed by atoms with E-state index in [-0.39, 0.29) is 5.92 Å². The number of halogens is 2. The van der Waals surface area contributed by atoms with Crippen LogP contribution in [-0.4, -0.2) is 17.0 Å². The summed E-state index contributed by atoms with van der Waals surface area (Å²) >= 11 is 12.4. The van der Waals surface area contributed by atoms with Crippen LogP contribution in [0.25, 0.3) is 0 Å². The lowest BCUT2D eigenvalue weighted by atomic mass is 10.2. The van der Waals surface area contributed by atoms with E-state index in [0.29, 0.717) is 21.6 Å². The van der Waals surface area contributed by atoms with Crippen LogP contribution in [-0.2, 0) is 0 Å². The van der Waals surface area contributed by atoms with Crippen LogP contribution in [0.15, 0.2) is 18.2 Å². The molecule has 2 N–H and O–H groups in total. The largest absolute Gasteiger partial charge is 0.373 e. The molecule has 112 valence electrons. The number of hydrogen-bond acceptors (Lipinski definition) is 4. The van der Waals surface area contributed by atoms with Crippen molar-refractivity contribution in [3.63, 3.8) is 0 Å². The van der Waals surface area contributed by atoms with Gasteiger partial charge in [-0.25, -0.2) is 9.97 Å². The molecule has 0 saturated carbocycles. The highest BCUT2D eigenvalue weighted by Gasteiger charge is 2.14. The summed E-state index contributed by atoms with van der Waals surface area (Å²) < 4.78 is 0. The molecule has 0 aliphatic carbocycles. The van der Waals surface area contributed by atoms with Crippen molar-refractivity contribution in [1.29, 1.82) is 0 Å².